The monoisotopic (exact) mass is 404 g/mol. The van der Waals surface area contributed by atoms with E-state index >= 15 is 0 Å². The van der Waals surface area contributed by atoms with Crippen LogP contribution in [0.15, 0.2) is 43.0 Å². The van der Waals surface area contributed by atoms with Gasteiger partial charge in [-0.1, -0.05) is 0 Å². The van der Waals surface area contributed by atoms with E-state index in [9.17, 15) is 14.3 Å². The molecule has 2 bridgehead atoms. The number of aromatic nitrogens is 4. The van der Waals surface area contributed by atoms with Gasteiger partial charge < -0.3 is 14.7 Å². The van der Waals surface area contributed by atoms with Crippen LogP contribution in [0.2, 0.25) is 0 Å². The van der Waals surface area contributed by atoms with E-state index in [1.807, 2.05) is 24.5 Å². The standard InChI is InChI=1S/C23H21FN4O2/c24-15-7-16-17(11-27-22(16)26-10-15)18-8-19-14(9-25-18)5-6-28(19)21-13-3-1-12(2-4-13)20(21)23(29)30/h5-13,20-21H,1-4H2,(H,26,27)(H,29,30)/t12?,13?,20-,21-/m1/s1. The van der Waals surface area contributed by atoms with E-state index in [0.29, 0.717) is 22.6 Å². The largest absolute Gasteiger partial charge is 0.481 e. The van der Waals surface area contributed by atoms with Crippen LogP contribution < -0.4 is 0 Å². The van der Waals surface area contributed by atoms with Crippen molar-refractivity contribution in [3.05, 3.63) is 48.8 Å². The zero-order valence-corrected chi connectivity index (χ0v) is 16.3. The highest BCUT2D eigenvalue weighted by Gasteiger charge is 2.48. The van der Waals surface area contributed by atoms with E-state index in [1.54, 1.807) is 6.20 Å². The van der Waals surface area contributed by atoms with Gasteiger partial charge in [0.05, 0.1) is 29.4 Å². The molecule has 7 rings (SSSR count). The number of carboxylic acid groups (broad SMARTS) is 1. The Hall–Kier alpha value is -3.22. The van der Waals surface area contributed by atoms with Gasteiger partial charge in [0, 0.05) is 34.9 Å². The quantitative estimate of drug-likeness (QED) is 0.515. The molecule has 152 valence electrons. The van der Waals surface area contributed by atoms with E-state index in [2.05, 4.69) is 19.5 Å². The molecule has 7 heteroatoms. The predicted molar refractivity (Wildman–Crippen MR) is 110 cm³/mol. The van der Waals surface area contributed by atoms with Gasteiger partial charge in [0.15, 0.2) is 0 Å². The third-order valence-electron chi connectivity index (χ3n) is 7.16. The van der Waals surface area contributed by atoms with Crippen LogP contribution in [-0.2, 0) is 4.79 Å². The molecule has 0 unspecified atom stereocenters. The number of hydrogen-bond acceptors (Lipinski definition) is 3. The third kappa shape index (κ3) is 2.51. The summed E-state index contributed by atoms with van der Waals surface area (Å²) >= 11 is 0. The lowest BCUT2D eigenvalue weighted by Crippen LogP contribution is -2.44. The number of carbonyl (C=O) groups is 1. The number of aliphatic carboxylic acids is 1. The van der Waals surface area contributed by atoms with Crippen LogP contribution in [0, 0.1) is 23.6 Å². The first kappa shape index (κ1) is 17.6. The second-order valence-corrected chi connectivity index (χ2v) is 8.63. The molecular weight excluding hydrogens is 383 g/mol. The molecule has 0 spiro atoms. The summed E-state index contributed by atoms with van der Waals surface area (Å²) in [6.45, 7) is 0. The fraction of sp³-hybridized carbons (Fsp3) is 0.348. The summed E-state index contributed by atoms with van der Waals surface area (Å²) in [5.41, 5.74) is 3.09. The number of carboxylic acids is 1. The van der Waals surface area contributed by atoms with Crippen molar-refractivity contribution in [3.8, 4) is 11.3 Å². The van der Waals surface area contributed by atoms with Crippen LogP contribution in [0.1, 0.15) is 31.7 Å². The first-order chi connectivity index (χ1) is 14.6. The average Bonchev–Trinajstić information content (AvgIpc) is 3.37. The molecule has 3 saturated carbocycles. The van der Waals surface area contributed by atoms with Crippen molar-refractivity contribution in [3.63, 3.8) is 0 Å². The molecule has 0 amide bonds. The maximum absolute atomic E-state index is 13.8. The highest BCUT2D eigenvalue weighted by Crippen LogP contribution is 2.52. The number of aromatic amines is 1. The van der Waals surface area contributed by atoms with Gasteiger partial charge in [-0.25, -0.2) is 9.37 Å². The van der Waals surface area contributed by atoms with Gasteiger partial charge in [0.25, 0.3) is 0 Å². The van der Waals surface area contributed by atoms with Crippen molar-refractivity contribution in [2.24, 2.45) is 17.8 Å². The molecule has 2 N–H and O–H groups in total. The normalized spacial score (nSPS) is 25.9. The van der Waals surface area contributed by atoms with E-state index < -0.39 is 11.8 Å². The molecule has 3 aliphatic carbocycles. The fourth-order valence-electron chi connectivity index (χ4n) is 5.81. The van der Waals surface area contributed by atoms with Crippen LogP contribution in [0.3, 0.4) is 0 Å². The number of rotatable bonds is 3. The van der Waals surface area contributed by atoms with Crippen molar-refractivity contribution in [1.82, 2.24) is 19.5 Å². The summed E-state index contributed by atoms with van der Waals surface area (Å²) in [6.07, 6.45) is 11.0. The fourth-order valence-corrected chi connectivity index (χ4v) is 5.81. The topological polar surface area (TPSA) is 83.8 Å². The van der Waals surface area contributed by atoms with Crippen molar-refractivity contribution in [1.29, 1.82) is 0 Å². The first-order valence-electron chi connectivity index (χ1n) is 10.4. The molecule has 4 aromatic heterocycles. The zero-order chi connectivity index (χ0) is 20.4. The molecule has 3 fully saturated rings. The summed E-state index contributed by atoms with van der Waals surface area (Å²) < 4.78 is 15.9. The van der Waals surface area contributed by atoms with Crippen LogP contribution in [-0.4, -0.2) is 30.6 Å². The van der Waals surface area contributed by atoms with Gasteiger partial charge in [-0.05, 0) is 55.7 Å². The highest BCUT2D eigenvalue weighted by molar-refractivity contribution is 5.94. The zero-order valence-electron chi connectivity index (χ0n) is 16.3. The average molecular weight is 404 g/mol. The molecule has 0 aromatic carbocycles. The Morgan fingerprint density at radius 3 is 2.73 bits per heavy atom. The Bertz CT molecular complexity index is 1290. The third-order valence-corrected chi connectivity index (χ3v) is 7.16. The van der Waals surface area contributed by atoms with Crippen LogP contribution in [0.4, 0.5) is 4.39 Å². The smallest absolute Gasteiger partial charge is 0.308 e. The van der Waals surface area contributed by atoms with Crippen LogP contribution in [0.25, 0.3) is 33.2 Å². The minimum Gasteiger partial charge on any atom is -0.481 e. The Morgan fingerprint density at radius 1 is 1.13 bits per heavy atom. The van der Waals surface area contributed by atoms with Crippen molar-refractivity contribution in [2.45, 2.75) is 31.7 Å². The number of nitrogens with zero attached hydrogens (tertiary/aromatic N) is 3. The lowest BCUT2D eigenvalue weighted by Gasteiger charge is -2.47. The maximum Gasteiger partial charge on any atom is 0.308 e. The Morgan fingerprint density at radius 2 is 1.93 bits per heavy atom. The summed E-state index contributed by atoms with van der Waals surface area (Å²) in [7, 11) is 0. The first-order valence-corrected chi connectivity index (χ1v) is 10.4. The molecular formula is C23H21FN4O2. The maximum atomic E-state index is 13.8. The van der Waals surface area contributed by atoms with Gasteiger partial charge in [-0.15, -0.1) is 0 Å². The lowest BCUT2D eigenvalue weighted by molar-refractivity contribution is -0.151. The number of hydrogen-bond donors (Lipinski definition) is 2. The number of pyridine rings is 2. The van der Waals surface area contributed by atoms with E-state index in [-0.39, 0.29) is 17.9 Å². The molecule has 4 heterocycles. The number of halogens is 1. The summed E-state index contributed by atoms with van der Waals surface area (Å²) in [5.74, 6) is -0.802. The number of fused-ring (bicyclic) bond motifs is 5. The second kappa shape index (κ2) is 6.39. The molecule has 4 aromatic rings. The highest BCUT2D eigenvalue weighted by atomic mass is 19.1. The molecule has 30 heavy (non-hydrogen) atoms. The molecule has 0 radical (unpaired) electrons. The Kier molecular flexibility index (Phi) is 3.75. The second-order valence-electron chi connectivity index (χ2n) is 8.63. The van der Waals surface area contributed by atoms with Gasteiger partial charge in [-0.3, -0.25) is 9.78 Å². The van der Waals surface area contributed by atoms with Crippen molar-refractivity contribution >= 4 is 27.9 Å². The number of H-pyrrole nitrogens is 1. The predicted octanol–water partition coefficient (Wildman–Crippen LogP) is 4.78. The van der Waals surface area contributed by atoms with E-state index in [0.717, 1.165) is 42.1 Å². The molecule has 0 aliphatic heterocycles. The van der Waals surface area contributed by atoms with Gasteiger partial charge >= 0.3 is 5.97 Å². The lowest BCUT2D eigenvalue weighted by atomic mass is 9.61. The molecule has 2 atom stereocenters. The van der Waals surface area contributed by atoms with Gasteiger partial charge in [-0.2, -0.15) is 0 Å². The van der Waals surface area contributed by atoms with Gasteiger partial charge in [0.2, 0.25) is 0 Å². The Labute approximate surface area is 171 Å². The van der Waals surface area contributed by atoms with Crippen molar-refractivity contribution < 1.29 is 14.3 Å². The molecule has 6 nitrogen and oxygen atoms in total. The summed E-state index contributed by atoms with van der Waals surface area (Å²) in [4.78, 5) is 23.9. The molecule has 3 aliphatic rings. The van der Waals surface area contributed by atoms with Crippen LogP contribution in [0.5, 0.6) is 0 Å². The van der Waals surface area contributed by atoms with Crippen LogP contribution >= 0.6 is 0 Å². The number of nitrogens with one attached hydrogen (secondary N) is 1. The minimum absolute atomic E-state index is 0.0372. The van der Waals surface area contributed by atoms with Crippen molar-refractivity contribution in [2.75, 3.05) is 0 Å². The summed E-state index contributed by atoms with van der Waals surface area (Å²) in [5, 5.41) is 11.6. The minimum atomic E-state index is -0.691. The van der Waals surface area contributed by atoms with Gasteiger partial charge in [0.1, 0.15) is 11.5 Å². The summed E-state index contributed by atoms with van der Waals surface area (Å²) in [6, 6.07) is 5.41. The Balaban J connectivity index is 1.50. The SMILES string of the molecule is O=C(O)[C@@H]1C2CCC(CC2)[C@H]1n1ccc2cnc(-c3c[nH]c4ncc(F)cc34)cc21. The molecule has 0 saturated heterocycles. The van der Waals surface area contributed by atoms with E-state index in [1.165, 1.54) is 12.3 Å². The van der Waals surface area contributed by atoms with E-state index in [4.69, 9.17) is 0 Å².